The highest BCUT2D eigenvalue weighted by Gasteiger charge is 2.32. The Morgan fingerprint density at radius 3 is 2.78 bits per heavy atom. The lowest BCUT2D eigenvalue weighted by atomic mass is 10.0. The summed E-state index contributed by atoms with van der Waals surface area (Å²) in [5.74, 6) is 0. The highest BCUT2D eigenvalue weighted by Crippen LogP contribution is 2.23. The molecule has 128 valence electrons. The zero-order valence-electron chi connectivity index (χ0n) is 14.8. The second kappa shape index (κ2) is 7.30. The summed E-state index contributed by atoms with van der Waals surface area (Å²) in [6.45, 7) is 11.0. The first-order valence-corrected chi connectivity index (χ1v) is 8.27. The second-order valence-electron chi connectivity index (χ2n) is 7.29. The van der Waals surface area contributed by atoms with Crippen LogP contribution >= 0.6 is 0 Å². The molecular weight excluding hydrogens is 292 g/mol. The molecule has 0 bridgehead atoms. The van der Waals surface area contributed by atoms with Crippen LogP contribution in [0.3, 0.4) is 0 Å². The van der Waals surface area contributed by atoms with Gasteiger partial charge in [-0.25, -0.2) is 4.79 Å². The Bertz CT molecular complexity index is 539. The third-order valence-electron chi connectivity index (χ3n) is 3.90. The van der Waals surface area contributed by atoms with Crippen molar-refractivity contribution >= 4 is 6.09 Å². The van der Waals surface area contributed by atoms with E-state index in [1.165, 1.54) is 0 Å². The first kappa shape index (κ1) is 17.7. The minimum atomic E-state index is -0.455. The van der Waals surface area contributed by atoms with E-state index in [0.29, 0.717) is 13.2 Å². The van der Waals surface area contributed by atoms with Gasteiger partial charge in [-0.05, 0) is 65.2 Å². The fourth-order valence-corrected chi connectivity index (χ4v) is 2.78. The van der Waals surface area contributed by atoms with Crippen molar-refractivity contribution in [2.45, 2.75) is 71.8 Å². The van der Waals surface area contributed by atoms with Gasteiger partial charge < -0.3 is 14.4 Å². The number of aromatic nitrogens is 1. The van der Waals surface area contributed by atoms with Crippen LogP contribution in [0.25, 0.3) is 0 Å². The second-order valence-corrected chi connectivity index (χ2v) is 7.29. The van der Waals surface area contributed by atoms with E-state index in [9.17, 15) is 4.79 Å². The molecule has 2 atom stereocenters. The summed E-state index contributed by atoms with van der Waals surface area (Å²) in [6, 6.07) is 4.15. The summed E-state index contributed by atoms with van der Waals surface area (Å²) in [6.07, 6.45) is 3.43. The Balaban J connectivity index is 1.83. The largest absolute Gasteiger partial charge is 0.444 e. The number of carbonyl (C=O) groups excluding carboxylic acids is 1. The number of hydrogen-bond donors (Lipinski definition) is 0. The maximum atomic E-state index is 12.2. The van der Waals surface area contributed by atoms with E-state index in [0.717, 1.165) is 24.1 Å². The molecule has 5 nitrogen and oxygen atoms in total. The molecular formula is C18H28N2O3. The predicted octanol–water partition coefficient (Wildman–Crippen LogP) is 3.69. The summed E-state index contributed by atoms with van der Waals surface area (Å²) in [5.41, 5.74) is 1.68. The number of aryl methyl sites for hydroxylation is 1. The molecule has 1 aromatic rings. The molecule has 0 radical (unpaired) electrons. The van der Waals surface area contributed by atoms with Crippen LogP contribution in [0.2, 0.25) is 0 Å². The molecule has 1 amide bonds. The van der Waals surface area contributed by atoms with Crippen molar-refractivity contribution in [2.24, 2.45) is 0 Å². The van der Waals surface area contributed by atoms with E-state index in [1.54, 1.807) is 0 Å². The first-order chi connectivity index (χ1) is 10.7. The maximum absolute atomic E-state index is 12.2. The zero-order valence-corrected chi connectivity index (χ0v) is 14.8. The molecule has 1 fully saturated rings. The van der Waals surface area contributed by atoms with Gasteiger partial charge in [0.05, 0.1) is 12.7 Å². The van der Waals surface area contributed by atoms with Gasteiger partial charge in [-0.15, -0.1) is 0 Å². The van der Waals surface area contributed by atoms with Crippen LogP contribution in [0.15, 0.2) is 18.3 Å². The van der Waals surface area contributed by atoms with Crippen LogP contribution in [0.4, 0.5) is 4.79 Å². The van der Waals surface area contributed by atoms with E-state index in [-0.39, 0.29) is 18.2 Å². The standard InChI is InChI=1S/C18H28N2O3/c1-13-10-15(6-8-19-13)12-22-16-7-9-20(14(2)11-16)17(21)23-18(3,4)5/h6,8,10,14,16H,7,9,11-12H2,1-5H3/t14-,16-/m0/s1. The van der Waals surface area contributed by atoms with E-state index in [2.05, 4.69) is 11.9 Å². The molecule has 1 saturated heterocycles. The van der Waals surface area contributed by atoms with Crippen LogP contribution in [0.5, 0.6) is 0 Å². The Kier molecular flexibility index (Phi) is 5.63. The number of ether oxygens (including phenoxy) is 2. The Morgan fingerprint density at radius 2 is 2.17 bits per heavy atom. The molecule has 1 aliphatic rings. The minimum absolute atomic E-state index is 0.128. The fourth-order valence-electron chi connectivity index (χ4n) is 2.78. The molecule has 1 aromatic heterocycles. The topological polar surface area (TPSA) is 51.7 Å². The van der Waals surface area contributed by atoms with Gasteiger partial charge in [0.15, 0.2) is 0 Å². The van der Waals surface area contributed by atoms with Crippen molar-refractivity contribution in [3.63, 3.8) is 0 Å². The maximum Gasteiger partial charge on any atom is 0.410 e. The van der Waals surface area contributed by atoms with Gasteiger partial charge in [0.1, 0.15) is 5.60 Å². The Hall–Kier alpha value is -1.62. The van der Waals surface area contributed by atoms with Gasteiger partial charge in [-0.2, -0.15) is 0 Å². The number of pyridine rings is 1. The van der Waals surface area contributed by atoms with Gasteiger partial charge in [0, 0.05) is 24.5 Å². The Labute approximate surface area is 139 Å². The van der Waals surface area contributed by atoms with Gasteiger partial charge in [-0.1, -0.05) is 0 Å². The number of rotatable bonds is 3. The fraction of sp³-hybridized carbons (Fsp3) is 0.667. The van der Waals surface area contributed by atoms with Gasteiger partial charge in [0.25, 0.3) is 0 Å². The van der Waals surface area contributed by atoms with Crippen molar-refractivity contribution in [2.75, 3.05) is 6.54 Å². The molecule has 0 saturated carbocycles. The molecule has 0 spiro atoms. The van der Waals surface area contributed by atoms with Crippen LogP contribution in [-0.2, 0) is 16.1 Å². The smallest absolute Gasteiger partial charge is 0.410 e. The summed E-state index contributed by atoms with van der Waals surface area (Å²) in [5, 5.41) is 0. The summed E-state index contributed by atoms with van der Waals surface area (Å²) in [7, 11) is 0. The lowest BCUT2D eigenvalue weighted by Gasteiger charge is -2.38. The molecule has 5 heteroatoms. The van der Waals surface area contributed by atoms with Crippen molar-refractivity contribution in [1.82, 2.24) is 9.88 Å². The minimum Gasteiger partial charge on any atom is -0.444 e. The number of piperidine rings is 1. The predicted molar refractivity (Wildman–Crippen MR) is 89.2 cm³/mol. The number of amides is 1. The first-order valence-electron chi connectivity index (χ1n) is 8.27. The molecule has 2 heterocycles. The summed E-state index contributed by atoms with van der Waals surface area (Å²) in [4.78, 5) is 18.2. The van der Waals surface area contributed by atoms with Crippen molar-refractivity contribution in [3.05, 3.63) is 29.6 Å². The van der Waals surface area contributed by atoms with Gasteiger partial charge in [0.2, 0.25) is 0 Å². The van der Waals surface area contributed by atoms with E-state index in [1.807, 2.05) is 50.9 Å². The molecule has 0 N–H and O–H groups in total. The number of carbonyl (C=O) groups is 1. The third kappa shape index (κ3) is 5.50. The van der Waals surface area contributed by atoms with E-state index in [4.69, 9.17) is 9.47 Å². The summed E-state index contributed by atoms with van der Waals surface area (Å²) < 4.78 is 11.5. The van der Waals surface area contributed by atoms with Crippen LogP contribution in [0, 0.1) is 6.92 Å². The summed E-state index contributed by atoms with van der Waals surface area (Å²) >= 11 is 0. The molecule has 2 rings (SSSR count). The molecule has 0 aromatic carbocycles. The highest BCUT2D eigenvalue weighted by atomic mass is 16.6. The lowest BCUT2D eigenvalue weighted by molar-refractivity contribution is -0.0330. The van der Waals surface area contributed by atoms with Crippen molar-refractivity contribution in [3.8, 4) is 0 Å². The molecule has 1 aliphatic heterocycles. The van der Waals surface area contributed by atoms with Crippen LogP contribution in [-0.4, -0.2) is 40.3 Å². The van der Waals surface area contributed by atoms with Crippen LogP contribution in [0.1, 0.15) is 51.8 Å². The SMILES string of the molecule is Cc1cc(CO[C@H]2CCN(C(=O)OC(C)(C)C)[C@@H](C)C2)ccn1. The molecule has 23 heavy (non-hydrogen) atoms. The van der Waals surface area contributed by atoms with E-state index < -0.39 is 5.60 Å². The van der Waals surface area contributed by atoms with Gasteiger partial charge in [-0.3, -0.25) is 4.98 Å². The number of hydrogen-bond acceptors (Lipinski definition) is 4. The average molecular weight is 320 g/mol. The monoisotopic (exact) mass is 320 g/mol. The third-order valence-corrected chi connectivity index (χ3v) is 3.90. The van der Waals surface area contributed by atoms with E-state index >= 15 is 0 Å². The lowest BCUT2D eigenvalue weighted by Crippen LogP contribution is -2.48. The molecule has 0 aliphatic carbocycles. The number of nitrogens with zero attached hydrogens (tertiary/aromatic N) is 2. The quantitative estimate of drug-likeness (QED) is 0.852. The van der Waals surface area contributed by atoms with Crippen molar-refractivity contribution in [1.29, 1.82) is 0 Å². The average Bonchev–Trinajstić information content (AvgIpc) is 2.43. The number of likely N-dealkylation sites (tertiary alicyclic amines) is 1. The van der Waals surface area contributed by atoms with Crippen LogP contribution < -0.4 is 0 Å². The van der Waals surface area contributed by atoms with Crippen molar-refractivity contribution < 1.29 is 14.3 Å². The molecule has 0 unspecified atom stereocenters. The van der Waals surface area contributed by atoms with Gasteiger partial charge >= 0.3 is 6.09 Å². The zero-order chi connectivity index (χ0) is 17.0. The normalized spacial score (nSPS) is 22.0. The Morgan fingerprint density at radius 1 is 1.43 bits per heavy atom. The highest BCUT2D eigenvalue weighted by molar-refractivity contribution is 5.68.